The van der Waals surface area contributed by atoms with Crippen molar-refractivity contribution in [3.8, 4) is 5.75 Å². The molecule has 138 valence electrons. The number of fused-ring (bicyclic) bond motifs is 1. The number of benzene rings is 2. The number of H-pyrrole nitrogens is 1. The van der Waals surface area contributed by atoms with Gasteiger partial charge >= 0.3 is 0 Å². The fourth-order valence-corrected chi connectivity index (χ4v) is 3.46. The van der Waals surface area contributed by atoms with E-state index >= 15 is 0 Å². The van der Waals surface area contributed by atoms with Gasteiger partial charge in [-0.15, -0.1) is 0 Å². The van der Waals surface area contributed by atoms with Crippen LogP contribution < -0.4 is 15.2 Å². The van der Waals surface area contributed by atoms with E-state index in [1.165, 1.54) is 0 Å². The number of rotatable bonds is 3. The SMILES string of the molecule is COc1ccc(N2CCN(C(=O)c3cc4ccccc4c(=O)[nH]3)CC2)cc1. The van der Waals surface area contributed by atoms with E-state index in [-0.39, 0.29) is 11.5 Å². The largest absolute Gasteiger partial charge is 0.497 e. The molecule has 0 atom stereocenters. The van der Waals surface area contributed by atoms with Crippen LogP contribution in [0.3, 0.4) is 0 Å². The van der Waals surface area contributed by atoms with Gasteiger partial charge in [-0.3, -0.25) is 9.59 Å². The molecule has 0 spiro atoms. The number of anilines is 1. The van der Waals surface area contributed by atoms with Crippen LogP contribution in [-0.2, 0) is 0 Å². The van der Waals surface area contributed by atoms with Gasteiger partial charge in [0, 0.05) is 37.3 Å². The monoisotopic (exact) mass is 363 g/mol. The first-order valence-corrected chi connectivity index (χ1v) is 8.96. The molecule has 1 aliphatic heterocycles. The molecule has 0 saturated carbocycles. The Morgan fingerprint density at radius 2 is 1.70 bits per heavy atom. The Kier molecular flexibility index (Phi) is 4.54. The van der Waals surface area contributed by atoms with Crippen molar-refractivity contribution in [2.24, 2.45) is 0 Å². The van der Waals surface area contributed by atoms with Gasteiger partial charge in [0.1, 0.15) is 11.4 Å². The van der Waals surface area contributed by atoms with Gasteiger partial charge in [0.05, 0.1) is 7.11 Å². The molecule has 27 heavy (non-hydrogen) atoms. The predicted molar refractivity (Wildman–Crippen MR) is 106 cm³/mol. The third-order valence-electron chi connectivity index (χ3n) is 4.99. The lowest BCUT2D eigenvalue weighted by Gasteiger charge is -2.36. The van der Waals surface area contributed by atoms with Crippen molar-refractivity contribution in [3.63, 3.8) is 0 Å². The average molecular weight is 363 g/mol. The number of ether oxygens (including phenoxy) is 1. The number of carbonyl (C=O) groups is 1. The van der Waals surface area contributed by atoms with Crippen molar-refractivity contribution in [3.05, 3.63) is 70.6 Å². The summed E-state index contributed by atoms with van der Waals surface area (Å²) in [5.74, 6) is 0.694. The Labute approximate surface area is 157 Å². The molecule has 2 aromatic carbocycles. The van der Waals surface area contributed by atoms with Gasteiger partial charge < -0.3 is 19.5 Å². The molecule has 1 aromatic heterocycles. The minimum Gasteiger partial charge on any atom is -0.497 e. The molecular weight excluding hydrogens is 342 g/mol. The second kappa shape index (κ2) is 7.15. The first kappa shape index (κ1) is 17.1. The second-order valence-electron chi connectivity index (χ2n) is 6.58. The zero-order valence-electron chi connectivity index (χ0n) is 15.1. The molecule has 0 unspecified atom stereocenters. The van der Waals surface area contributed by atoms with Gasteiger partial charge in [-0.1, -0.05) is 18.2 Å². The molecule has 1 aliphatic rings. The van der Waals surface area contributed by atoms with Crippen LogP contribution in [0.1, 0.15) is 10.5 Å². The van der Waals surface area contributed by atoms with Crippen LogP contribution in [0.15, 0.2) is 59.4 Å². The number of aromatic nitrogens is 1. The van der Waals surface area contributed by atoms with Crippen molar-refractivity contribution in [2.75, 3.05) is 38.2 Å². The number of pyridine rings is 1. The van der Waals surface area contributed by atoms with Gasteiger partial charge in [0.25, 0.3) is 11.5 Å². The van der Waals surface area contributed by atoms with Crippen LogP contribution in [0.4, 0.5) is 5.69 Å². The molecule has 0 bridgehead atoms. The lowest BCUT2D eigenvalue weighted by Crippen LogP contribution is -2.49. The van der Waals surface area contributed by atoms with Crippen molar-refractivity contribution in [1.82, 2.24) is 9.88 Å². The Bertz CT molecular complexity index is 1020. The number of nitrogens with one attached hydrogen (secondary N) is 1. The van der Waals surface area contributed by atoms with Gasteiger partial charge in [0.15, 0.2) is 0 Å². The number of nitrogens with zero attached hydrogens (tertiary/aromatic N) is 2. The minimum atomic E-state index is -0.228. The Morgan fingerprint density at radius 3 is 2.41 bits per heavy atom. The van der Waals surface area contributed by atoms with Crippen LogP contribution in [-0.4, -0.2) is 49.1 Å². The summed E-state index contributed by atoms with van der Waals surface area (Å²) in [7, 11) is 1.65. The van der Waals surface area contributed by atoms with E-state index < -0.39 is 0 Å². The van der Waals surface area contributed by atoms with Crippen molar-refractivity contribution < 1.29 is 9.53 Å². The van der Waals surface area contributed by atoms with Gasteiger partial charge in [-0.2, -0.15) is 0 Å². The summed E-state index contributed by atoms with van der Waals surface area (Å²) < 4.78 is 5.19. The van der Waals surface area contributed by atoms with Crippen LogP contribution in [0.2, 0.25) is 0 Å². The average Bonchev–Trinajstić information content (AvgIpc) is 2.73. The highest BCUT2D eigenvalue weighted by Gasteiger charge is 2.23. The minimum absolute atomic E-state index is 0.132. The quantitative estimate of drug-likeness (QED) is 0.777. The Balaban J connectivity index is 1.47. The normalized spacial score (nSPS) is 14.4. The van der Waals surface area contributed by atoms with Crippen LogP contribution >= 0.6 is 0 Å². The van der Waals surface area contributed by atoms with Crippen molar-refractivity contribution in [2.45, 2.75) is 0 Å². The fourth-order valence-electron chi connectivity index (χ4n) is 3.46. The number of hydrogen-bond donors (Lipinski definition) is 1. The number of piperazine rings is 1. The summed E-state index contributed by atoms with van der Waals surface area (Å²) in [5.41, 5.74) is 1.23. The molecule has 4 rings (SSSR count). The zero-order chi connectivity index (χ0) is 18.8. The van der Waals surface area contributed by atoms with Crippen LogP contribution in [0.25, 0.3) is 10.8 Å². The van der Waals surface area contributed by atoms with Crippen molar-refractivity contribution >= 4 is 22.4 Å². The number of hydrogen-bond acceptors (Lipinski definition) is 4. The third-order valence-corrected chi connectivity index (χ3v) is 4.99. The third kappa shape index (κ3) is 3.38. The van der Waals surface area contributed by atoms with Crippen LogP contribution in [0.5, 0.6) is 5.75 Å². The maximum atomic E-state index is 12.8. The molecule has 6 nitrogen and oxygen atoms in total. The lowest BCUT2D eigenvalue weighted by atomic mass is 10.1. The van der Waals surface area contributed by atoms with Crippen LogP contribution in [0, 0.1) is 0 Å². The number of amides is 1. The Morgan fingerprint density at radius 1 is 1.00 bits per heavy atom. The lowest BCUT2D eigenvalue weighted by molar-refractivity contribution is 0.0741. The highest BCUT2D eigenvalue weighted by Crippen LogP contribution is 2.21. The van der Waals surface area contributed by atoms with E-state index in [1.54, 1.807) is 24.1 Å². The molecule has 0 aliphatic carbocycles. The molecule has 3 aromatic rings. The summed E-state index contributed by atoms with van der Waals surface area (Å²) in [4.78, 5) is 31.8. The predicted octanol–water partition coefficient (Wildman–Crippen LogP) is 2.50. The molecule has 6 heteroatoms. The zero-order valence-corrected chi connectivity index (χ0v) is 15.1. The first-order chi connectivity index (χ1) is 13.2. The van der Waals surface area contributed by atoms with E-state index in [1.807, 2.05) is 42.5 Å². The topological polar surface area (TPSA) is 65.6 Å². The summed E-state index contributed by atoms with van der Waals surface area (Å²) in [6.07, 6.45) is 0. The van der Waals surface area contributed by atoms with Gasteiger partial charge in [-0.25, -0.2) is 0 Å². The summed E-state index contributed by atoms with van der Waals surface area (Å²) in [5, 5.41) is 1.37. The van der Waals surface area contributed by atoms with Gasteiger partial charge in [-0.05, 0) is 41.8 Å². The summed E-state index contributed by atoms with van der Waals surface area (Å²) in [6, 6.07) is 17.0. The second-order valence-corrected chi connectivity index (χ2v) is 6.58. The highest BCUT2D eigenvalue weighted by molar-refractivity contribution is 5.96. The smallest absolute Gasteiger partial charge is 0.270 e. The van der Waals surface area contributed by atoms with E-state index in [0.717, 1.165) is 29.9 Å². The van der Waals surface area contributed by atoms with Crippen molar-refractivity contribution in [1.29, 1.82) is 0 Å². The summed E-state index contributed by atoms with van der Waals surface area (Å²) >= 11 is 0. The first-order valence-electron chi connectivity index (χ1n) is 8.96. The standard InChI is InChI=1S/C21H21N3O3/c1-27-17-8-6-16(7-9-17)23-10-12-24(13-11-23)21(26)19-14-15-4-2-3-5-18(15)20(25)22-19/h2-9,14H,10-13H2,1H3,(H,22,25). The number of aromatic amines is 1. The maximum Gasteiger partial charge on any atom is 0.270 e. The molecule has 0 radical (unpaired) electrons. The highest BCUT2D eigenvalue weighted by atomic mass is 16.5. The molecule has 2 heterocycles. The fraction of sp³-hybridized carbons (Fsp3) is 0.238. The molecule has 1 fully saturated rings. The molecule has 1 saturated heterocycles. The summed E-state index contributed by atoms with van der Waals surface area (Å²) in [6.45, 7) is 2.71. The van der Waals surface area contributed by atoms with E-state index in [9.17, 15) is 9.59 Å². The molecule has 1 N–H and O–H groups in total. The maximum absolute atomic E-state index is 12.8. The van der Waals surface area contributed by atoms with Gasteiger partial charge in [0.2, 0.25) is 0 Å². The number of carbonyl (C=O) groups excluding carboxylic acids is 1. The molecule has 1 amide bonds. The van der Waals surface area contributed by atoms with E-state index in [2.05, 4.69) is 9.88 Å². The number of methoxy groups -OCH3 is 1. The van der Waals surface area contributed by atoms with E-state index in [0.29, 0.717) is 24.2 Å². The molecular formula is C21H21N3O3. The van der Waals surface area contributed by atoms with E-state index in [4.69, 9.17) is 4.74 Å². The Hall–Kier alpha value is -3.28.